The number of para-hydroxylation sites is 2. The van der Waals surface area contributed by atoms with Crippen LogP contribution in [0.1, 0.15) is 71.5 Å². The number of nitrogens with one attached hydrogen (secondary N) is 1. The smallest absolute Gasteiger partial charge is 0.416 e. The summed E-state index contributed by atoms with van der Waals surface area (Å²) in [6.45, 7) is 0.0472. The van der Waals surface area contributed by atoms with Crippen molar-refractivity contribution in [2.75, 3.05) is 13.1 Å². The highest BCUT2D eigenvalue weighted by Crippen LogP contribution is 2.31. The molecule has 1 aliphatic rings. The SMILES string of the molecule is NCCCC[C@H](CC(=O)[C@@H]1C[C@@H](OCc2cccc(C(F)(F)F)c2)CN1C(=O)[C@@H](CCc1ccccc1)NC(=O)OCc1ccccc1)C(=O)c1nc2ccccc2o1. The maximum Gasteiger partial charge on any atom is 0.416 e. The summed E-state index contributed by atoms with van der Waals surface area (Å²) in [6.07, 6.45) is -4.34. The maximum absolute atomic E-state index is 14.6. The molecule has 2 amide bonds. The first-order valence-electron chi connectivity index (χ1n) is 19.7. The molecule has 6 rings (SSSR count). The highest BCUT2D eigenvalue weighted by molar-refractivity contribution is 6.00. The van der Waals surface area contributed by atoms with Crippen LogP contribution >= 0.6 is 0 Å². The van der Waals surface area contributed by atoms with E-state index in [0.29, 0.717) is 43.3 Å². The topological polar surface area (TPSA) is 154 Å². The van der Waals surface area contributed by atoms with Crippen LogP contribution in [0.2, 0.25) is 0 Å². The van der Waals surface area contributed by atoms with Crippen molar-refractivity contribution in [2.45, 2.75) is 82.5 Å². The third-order valence-electron chi connectivity index (χ3n) is 10.4. The highest BCUT2D eigenvalue weighted by Gasteiger charge is 2.43. The van der Waals surface area contributed by atoms with Gasteiger partial charge in [-0.3, -0.25) is 14.4 Å². The Morgan fingerprint density at radius 1 is 0.847 bits per heavy atom. The summed E-state index contributed by atoms with van der Waals surface area (Å²) >= 11 is 0. The zero-order valence-electron chi connectivity index (χ0n) is 32.4. The Kier molecular flexibility index (Phi) is 14.6. The lowest BCUT2D eigenvalue weighted by Gasteiger charge is -2.29. The number of nitrogens with two attached hydrogens (primary N) is 1. The minimum atomic E-state index is -4.55. The second kappa shape index (κ2) is 20.2. The number of benzene rings is 4. The van der Waals surface area contributed by atoms with Crippen LogP contribution in [0.5, 0.6) is 0 Å². The molecule has 1 fully saturated rings. The Labute approximate surface area is 340 Å². The molecule has 2 heterocycles. The summed E-state index contributed by atoms with van der Waals surface area (Å²) < 4.78 is 57.8. The van der Waals surface area contributed by atoms with Crippen LogP contribution in [0.15, 0.2) is 114 Å². The van der Waals surface area contributed by atoms with Gasteiger partial charge in [0.2, 0.25) is 11.7 Å². The summed E-state index contributed by atoms with van der Waals surface area (Å²) in [5.74, 6) is -2.41. The van der Waals surface area contributed by atoms with Gasteiger partial charge < -0.3 is 29.8 Å². The van der Waals surface area contributed by atoms with Crippen LogP contribution in [0.4, 0.5) is 18.0 Å². The molecule has 14 heteroatoms. The number of alkyl carbamates (subject to hydrolysis) is 1. The minimum Gasteiger partial charge on any atom is -0.445 e. The number of likely N-dealkylation sites (tertiary alicyclic amines) is 1. The van der Waals surface area contributed by atoms with E-state index in [1.807, 2.05) is 48.5 Å². The second-order valence-electron chi connectivity index (χ2n) is 14.7. The van der Waals surface area contributed by atoms with E-state index < -0.39 is 59.4 Å². The van der Waals surface area contributed by atoms with Crippen molar-refractivity contribution in [1.29, 1.82) is 0 Å². The van der Waals surface area contributed by atoms with Gasteiger partial charge in [-0.1, -0.05) is 91.3 Å². The Balaban J connectivity index is 1.25. The maximum atomic E-state index is 14.6. The van der Waals surface area contributed by atoms with Gasteiger partial charge in [-0.05, 0) is 73.2 Å². The number of nitrogens with zero attached hydrogens (tertiary/aromatic N) is 2. The average molecular weight is 813 g/mol. The molecular formula is C45H47F3N4O7. The summed E-state index contributed by atoms with van der Waals surface area (Å²) in [7, 11) is 0. The molecule has 310 valence electrons. The molecule has 1 aromatic heterocycles. The predicted molar refractivity (Wildman–Crippen MR) is 213 cm³/mol. The van der Waals surface area contributed by atoms with E-state index in [1.54, 1.807) is 36.4 Å². The molecule has 0 unspecified atom stereocenters. The second-order valence-corrected chi connectivity index (χ2v) is 14.7. The Hall–Kier alpha value is -5.86. The van der Waals surface area contributed by atoms with Crippen LogP contribution in [0.25, 0.3) is 11.1 Å². The van der Waals surface area contributed by atoms with E-state index in [1.165, 1.54) is 17.0 Å². The molecule has 11 nitrogen and oxygen atoms in total. The van der Waals surface area contributed by atoms with Crippen molar-refractivity contribution in [3.8, 4) is 0 Å². The van der Waals surface area contributed by atoms with E-state index in [0.717, 1.165) is 23.3 Å². The van der Waals surface area contributed by atoms with Gasteiger partial charge in [-0.2, -0.15) is 13.2 Å². The molecule has 1 aliphatic heterocycles. The van der Waals surface area contributed by atoms with Crippen LogP contribution in [0, 0.1) is 5.92 Å². The fourth-order valence-electron chi connectivity index (χ4n) is 7.23. The number of carbonyl (C=O) groups excluding carboxylic acids is 4. The summed E-state index contributed by atoms with van der Waals surface area (Å²) in [5.41, 5.74) is 7.77. The Morgan fingerprint density at radius 3 is 2.25 bits per heavy atom. The molecule has 0 radical (unpaired) electrons. The first kappa shape index (κ1) is 42.7. The number of Topliss-reactive ketones (excluding diaryl/α,β-unsaturated/α-hetero) is 2. The van der Waals surface area contributed by atoms with Crippen molar-refractivity contribution in [2.24, 2.45) is 11.7 Å². The average Bonchev–Trinajstić information content (AvgIpc) is 3.89. The predicted octanol–water partition coefficient (Wildman–Crippen LogP) is 7.85. The number of ether oxygens (including phenoxy) is 2. The van der Waals surface area contributed by atoms with Crippen molar-refractivity contribution in [3.05, 3.63) is 137 Å². The molecule has 3 N–H and O–H groups in total. The van der Waals surface area contributed by atoms with E-state index in [-0.39, 0.29) is 50.5 Å². The first-order chi connectivity index (χ1) is 28.5. The molecule has 0 aliphatic carbocycles. The number of hydrogen-bond donors (Lipinski definition) is 2. The standard InChI is InChI=1S/C45H47F3N4O7/c46-45(47,48)34-18-11-16-32(24-34)29-57-35-26-38(39(53)25-33(17-9-10-23-49)41(54)42-50-36-19-7-8-20-40(36)59-42)52(27-35)43(55)37(22-21-30-12-3-1-4-13-30)51-44(56)58-28-31-14-5-2-6-15-31/h1-8,11-16,18-20,24,33,35,37-38H,9-10,17,21-23,25-29,49H2,(H,51,56)/t33-,35-,37-,38+/m1/s1. The van der Waals surface area contributed by atoms with Gasteiger partial charge in [0.15, 0.2) is 11.4 Å². The largest absolute Gasteiger partial charge is 0.445 e. The van der Waals surface area contributed by atoms with Gasteiger partial charge in [0, 0.05) is 25.3 Å². The number of carbonyl (C=O) groups is 4. The number of hydrogen-bond acceptors (Lipinski definition) is 9. The number of alkyl halides is 3. The van der Waals surface area contributed by atoms with Crippen molar-refractivity contribution >= 4 is 34.7 Å². The lowest BCUT2D eigenvalue weighted by Crippen LogP contribution is -2.52. The molecule has 4 atom stereocenters. The molecule has 5 aromatic rings. The van der Waals surface area contributed by atoms with Crippen molar-refractivity contribution in [1.82, 2.24) is 15.2 Å². The minimum absolute atomic E-state index is 0.0139. The lowest BCUT2D eigenvalue weighted by atomic mass is 9.89. The number of aryl methyl sites for hydroxylation is 1. The van der Waals surface area contributed by atoms with Crippen LogP contribution < -0.4 is 11.1 Å². The van der Waals surface area contributed by atoms with Gasteiger partial charge in [-0.25, -0.2) is 9.78 Å². The number of amides is 2. The number of unbranched alkanes of at least 4 members (excludes halogenated alkanes) is 1. The molecule has 0 bridgehead atoms. The fourth-order valence-corrected chi connectivity index (χ4v) is 7.23. The van der Waals surface area contributed by atoms with E-state index >= 15 is 0 Å². The summed E-state index contributed by atoms with van der Waals surface area (Å²) in [5, 5.41) is 2.72. The Morgan fingerprint density at radius 2 is 1.54 bits per heavy atom. The number of ketones is 2. The zero-order chi connectivity index (χ0) is 41.8. The molecule has 0 saturated carbocycles. The molecule has 59 heavy (non-hydrogen) atoms. The monoisotopic (exact) mass is 812 g/mol. The van der Waals surface area contributed by atoms with Crippen molar-refractivity contribution in [3.63, 3.8) is 0 Å². The van der Waals surface area contributed by atoms with Gasteiger partial charge in [0.1, 0.15) is 18.2 Å². The van der Waals surface area contributed by atoms with E-state index in [9.17, 15) is 32.3 Å². The third kappa shape index (κ3) is 11.9. The molecule has 4 aromatic carbocycles. The number of halogens is 3. The Bertz CT molecular complexity index is 2150. The van der Waals surface area contributed by atoms with Crippen molar-refractivity contribution < 1.29 is 46.2 Å². The quantitative estimate of drug-likeness (QED) is 0.0627. The molecular weight excluding hydrogens is 766 g/mol. The summed E-state index contributed by atoms with van der Waals surface area (Å²) in [6, 6.07) is 27.9. The van der Waals surface area contributed by atoms with Crippen LogP contribution in [0.3, 0.4) is 0 Å². The van der Waals surface area contributed by atoms with Crippen LogP contribution in [-0.4, -0.2) is 64.7 Å². The van der Waals surface area contributed by atoms with Crippen LogP contribution in [-0.2, 0) is 44.9 Å². The molecule has 1 saturated heterocycles. The van der Waals surface area contributed by atoms with E-state index in [2.05, 4.69) is 10.3 Å². The number of rotatable bonds is 19. The van der Waals surface area contributed by atoms with Gasteiger partial charge >= 0.3 is 12.3 Å². The number of aromatic nitrogens is 1. The highest BCUT2D eigenvalue weighted by atomic mass is 19.4. The number of oxazole rings is 1. The van der Waals surface area contributed by atoms with E-state index in [4.69, 9.17) is 19.6 Å². The van der Waals surface area contributed by atoms with Gasteiger partial charge in [0.05, 0.1) is 24.3 Å². The summed E-state index contributed by atoms with van der Waals surface area (Å²) in [4.78, 5) is 61.9. The fraction of sp³-hybridized carbons (Fsp3) is 0.356. The normalized spacial score (nSPS) is 16.4. The van der Waals surface area contributed by atoms with Gasteiger partial charge in [-0.15, -0.1) is 0 Å². The lowest BCUT2D eigenvalue weighted by molar-refractivity contribution is -0.139. The molecule has 0 spiro atoms. The zero-order valence-corrected chi connectivity index (χ0v) is 32.4. The third-order valence-corrected chi connectivity index (χ3v) is 10.4. The first-order valence-corrected chi connectivity index (χ1v) is 19.7. The van der Waals surface area contributed by atoms with Gasteiger partial charge in [0.25, 0.3) is 5.89 Å². The number of fused-ring (bicyclic) bond motifs is 1.